The number of aliphatic hydroxyl groups is 1. The Kier molecular flexibility index (Phi) is 5.15. The maximum atomic E-state index is 12.3. The van der Waals surface area contributed by atoms with E-state index in [1.54, 1.807) is 30.0 Å². The lowest BCUT2D eigenvalue weighted by Gasteiger charge is -2.23. The van der Waals surface area contributed by atoms with E-state index in [2.05, 4.69) is 12.2 Å². The van der Waals surface area contributed by atoms with Gasteiger partial charge in [-0.2, -0.15) is 11.8 Å². The lowest BCUT2D eigenvalue weighted by Crippen LogP contribution is -2.42. The van der Waals surface area contributed by atoms with Crippen molar-refractivity contribution in [2.24, 2.45) is 5.92 Å². The predicted molar refractivity (Wildman–Crippen MR) is 86.8 cm³/mol. The number of carbonyl (C=O) groups is 1. The molecule has 0 bridgehead atoms. The molecule has 20 heavy (non-hydrogen) atoms. The third kappa shape index (κ3) is 3.77. The van der Waals surface area contributed by atoms with Crippen molar-refractivity contribution in [3.05, 3.63) is 21.4 Å². The molecule has 1 aliphatic rings. The molecule has 5 heteroatoms. The summed E-state index contributed by atoms with van der Waals surface area (Å²) in [6, 6.07) is 0. The Bertz CT molecular complexity index is 482. The van der Waals surface area contributed by atoms with Gasteiger partial charge < -0.3 is 10.4 Å². The highest BCUT2D eigenvalue weighted by Gasteiger charge is 2.25. The van der Waals surface area contributed by atoms with Crippen LogP contribution in [0.1, 0.15) is 41.1 Å². The third-order valence-electron chi connectivity index (χ3n) is 3.73. The third-order valence-corrected chi connectivity index (χ3v) is 5.69. The van der Waals surface area contributed by atoms with Crippen LogP contribution in [0.15, 0.2) is 5.38 Å². The summed E-state index contributed by atoms with van der Waals surface area (Å²) >= 11 is 3.28. The zero-order chi connectivity index (χ0) is 14.8. The molecule has 0 saturated heterocycles. The van der Waals surface area contributed by atoms with Gasteiger partial charge in [-0.3, -0.25) is 4.79 Å². The molecule has 0 aromatic carbocycles. The van der Waals surface area contributed by atoms with E-state index in [0.717, 1.165) is 30.7 Å². The van der Waals surface area contributed by atoms with Crippen LogP contribution in [-0.4, -0.2) is 35.2 Å². The average Bonchev–Trinajstić information content (AvgIpc) is 2.79. The van der Waals surface area contributed by atoms with Gasteiger partial charge in [-0.05, 0) is 43.9 Å². The van der Waals surface area contributed by atoms with Gasteiger partial charge in [-0.15, -0.1) is 11.3 Å². The summed E-state index contributed by atoms with van der Waals surface area (Å²) in [5, 5.41) is 15.0. The first-order chi connectivity index (χ1) is 9.43. The number of carbonyl (C=O) groups excluding carboxylic acids is 1. The molecule has 2 rings (SSSR count). The normalized spacial score (nSPS) is 21.1. The summed E-state index contributed by atoms with van der Waals surface area (Å²) in [7, 11) is 0. The highest BCUT2D eigenvalue weighted by molar-refractivity contribution is 7.98. The number of hydrogen-bond acceptors (Lipinski definition) is 4. The van der Waals surface area contributed by atoms with Gasteiger partial charge in [-0.1, -0.05) is 6.92 Å². The minimum absolute atomic E-state index is 0.0431. The Balaban J connectivity index is 2.00. The maximum absolute atomic E-state index is 12.3. The Morgan fingerprint density at radius 3 is 3.10 bits per heavy atom. The molecule has 112 valence electrons. The lowest BCUT2D eigenvalue weighted by molar-refractivity contribution is 0.0724. The monoisotopic (exact) mass is 313 g/mol. The summed E-state index contributed by atoms with van der Waals surface area (Å²) in [6.45, 7) is 4.32. The molecule has 3 nitrogen and oxygen atoms in total. The molecule has 1 heterocycles. The number of thiophene rings is 1. The zero-order valence-corrected chi connectivity index (χ0v) is 14.0. The molecular weight excluding hydrogens is 290 g/mol. The number of amides is 1. The van der Waals surface area contributed by atoms with E-state index in [0.29, 0.717) is 12.3 Å². The second kappa shape index (κ2) is 6.50. The van der Waals surface area contributed by atoms with E-state index < -0.39 is 5.60 Å². The van der Waals surface area contributed by atoms with Crippen molar-refractivity contribution in [3.63, 3.8) is 0 Å². The Labute approximate surface area is 129 Å². The van der Waals surface area contributed by atoms with Gasteiger partial charge in [0.25, 0.3) is 5.91 Å². The number of nitrogens with one attached hydrogen (secondary N) is 1. The molecule has 1 amide bonds. The lowest BCUT2D eigenvalue weighted by atomic mass is 9.88. The van der Waals surface area contributed by atoms with Crippen LogP contribution in [0.2, 0.25) is 0 Å². The van der Waals surface area contributed by atoms with Crippen LogP contribution >= 0.6 is 23.1 Å². The number of thioether (sulfide) groups is 1. The van der Waals surface area contributed by atoms with Gasteiger partial charge >= 0.3 is 0 Å². The fourth-order valence-corrected chi connectivity index (χ4v) is 4.56. The predicted octanol–water partition coefficient (Wildman–Crippen LogP) is 2.72. The molecule has 1 aromatic rings. The van der Waals surface area contributed by atoms with Crippen molar-refractivity contribution in [1.82, 2.24) is 5.32 Å². The van der Waals surface area contributed by atoms with Crippen LogP contribution in [0.4, 0.5) is 0 Å². The Hall–Kier alpha value is -0.520. The summed E-state index contributed by atoms with van der Waals surface area (Å²) < 4.78 is 0. The zero-order valence-electron chi connectivity index (χ0n) is 12.4. The van der Waals surface area contributed by atoms with Gasteiger partial charge in [0.2, 0.25) is 0 Å². The SMILES string of the molecule is CSCC(C)(O)CNC(=O)c1csc2c1CCC(C)C2. The van der Waals surface area contributed by atoms with Gasteiger partial charge in [0, 0.05) is 22.6 Å². The van der Waals surface area contributed by atoms with Crippen LogP contribution in [0, 0.1) is 5.92 Å². The standard InChI is InChI=1S/C15H23NO2S2/c1-10-4-5-11-12(7-20-13(11)6-10)14(17)16-8-15(2,18)9-19-3/h7,10,18H,4-6,8-9H2,1-3H3,(H,16,17). The van der Waals surface area contributed by atoms with E-state index in [4.69, 9.17) is 0 Å². The summed E-state index contributed by atoms with van der Waals surface area (Å²) in [5.41, 5.74) is 1.20. The minimum Gasteiger partial charge on any atom is -0.387 e. The molecule has 2 unspecified atom stereocenters. The van der Waals surface area contributed by atoms with E-state index >= 15 is 0 Å². The maximum Gasteiger partial charge on any atom is 0.252 e. The average molecular weight is 313 g/mol. The Morgan fingerprint density at radius 2 is 2.40 bits per heavy atom. The van der Waals surface area contributed by atoms with Crippen LogP contribution < -0.4 is 5.32 Å². The molecule has 1 aromatic heterocycles. The van der Waals surface area contributed by atoms with Crippen LogP contribution in [0.25, 0.3) is 0 Å². The van der Waals surface area contributed by atoms with Crippen LogP contribution in [0.3, 0.4) is 0 Å². The summed E-state index contributed by atoms with van der Waals surface area (Å²) in [4.78, 5) is 13.7. The molecule has 0 fully saturated rings. The van der Waals surface area contributed by atoms with Crippen molar-refractivity contribution < 1.29 is 9.90 Å². The number of fused-ring (bicyclic) bond motifs is 1. The van der Waals surface area contributed by atoms with Gasteiger partial charge in [0.1, 0.15) is 0 Å². The van der Waals surface area contributed by atoms with E-state index in [-0.39, 0.29) is 5.91 Å². The molecule has 1 aliphatic carbocycles. The van der Waals surface area contributed by atoms with Crippen molar-refractivity contribution in [1.29, 1.82) is 0 Å². The molecule has 0 spiro atoms. The van der Waals surface area contributed by atoms with Crippen LogP contribution in [-0.2, 0) is 12.8 Å². The van der Waals surface area contributed by atoms with Gasteiger partial charge in [0.15, 0.2) is 0 Å². The number of hydrogen-bond donors (Lipinski definition) is 2. The summed E-state index contributed by atoms with van der Waals surface area (Å²) in [5.74, 6) is 1.30. The van der Waals surface area contributed by atoms with Crippen molar-refractivity contribution in [3.8, 4) is 0 Å². The van der Waals surface area contributed by atoms with E-state index in [9.17, 15) is 9.90 Å². The van der Waals surface area contributed by atoms with Crippen molar-refractivity contribution in [2.75, 3.05) is 18.6 Å². The fraction of sp³-hybridized carbons (Fsp3) is 0.667. The first-order valence-corrected chi connectivity index (χ1v) is 9.29. The summed E-state index contributed by atoms with van der Waals surface area (Å²) in [6.07, 6.45) is 5.21. The topological polar surface area (TPSA) is 49.3 Å². The minimum atomic E-state index is -0.848. The van der Waals surface area contributed by atoms with Crippen LogP contribution in [0.5, 0.6) is 0 Å². The molecular formula is C15H23NO2S2. The second-order valence-corrected chi connectivity index (χ2v) is 7.84. The first kappa shape index (κ1) is 15.9. The van der Waals surface area contributed by atoms with Crippen molar-refractivity contribution in [2.45, 2.75) is 38.7 Å². The fourth-order valence-electron chi connectivity index (χ4n) is 2.60. The van der Waals surface area contributed by atoms with E-state index in [1.807, 2.05) is 11.6 Å². The smallest absolute Gasteiger partial charge is 0.252 e. The highest BCUT2D eigenvalue weighted by Crippen LogP contribution is 2.32. The van der Waals surface area contributed by atoms with Gasteiger partial charge in [0.05, 0.1) is 11.2 Å². The molecule has 0 aliphatic heterocycles. The second-order valence-electron chi connectivity index (χ2n) is 6.01. The molecule has 0 saturated carbocycles. The Morgan fingerprint density at radius 1 is 1.65 bits per heavy atom. The van der Waals surface area contributed by atoms with E-state index in [1.165, 1.54) is 10.4 Å². The first-order valence-electron chi connectivity index (χ1n) is 7.01. The molecule has 2 atom stereocenters. The molecule has 0 radical (unpaired) electrons. The highest BCUT2D eigenvalue weighted by atomic mass is 32.2. The largest absolute Gasteiger partial charge is 0.387 e. The number of rotatable bonds is 5. The van der Waals surface area contributed by atoms with Gasteiger partial charge in [-0.25, -0.2) is 0 Å². The quantitative estimate of drug-likeness (QED) is 0.879. The molecule has 2 N–H and O–H groups in total. The van der Waals surface area contributed by atoms with Crippen molar-refractivity contribution >= 4 is 29.0 Å².